The van der Waals surface area contributed by atoms with E-state index in [-0.39, 0.29) is 6.04 Å². The Morgan fingerprint density at radius 1 is 1.33 bits per heavy atom. The summed E-state index contributed by atoms with van der Waals surface area (Å²) in [5.74, 6) is 0. The summed E-state index contributed by atoms with van der Waals surface area (Å²) in [6.45, 7) is 4.39. The summed E-state index contributed by atoms with van der Waals surface area (Å²) >= 11 is 3.66. The summed E-state index contributed by atoms with van der Waals surface area (Å²) in [5.41, 5.74) is 2.70. The van der Waals surface area contributed by atoms with E-state index < -0.39 is 0 Å². The summed E-state index contributed by atoms with van der Waals surface area (Å²) < 4.78 is 0. The fourth-order valence-corrected chi connectivity index (χ4v) is 4.34. The van der Waals surface area contributed by atoms with E-state index in [1.807, 2.05) is 11.3 Å². The van der Waals surface area contributed by atoms with Crippen molar-refractivity contribution in [3.05, 3.63) is 38.0 Å². The average Bonchev–Trinajstić information content (AvgIpc) is 3.01. The molecule has 1 atom stereocenters. The Morgan fingerprint density at radius 3 is 2.89 bits per heavy atom. The smallest absolute Gasteiger partial charge is 0.115 e. The number of thiazole rings is 1. The highest BCUT2D eigenvalue weighted by molar-refractivity contribution is 7.12. The van der Waals surface area contributed by atoms with Gasteiger partial charge in [-0.3, -0.25) is 0 Å². The lowest BCUT2D eigenvalue weighted by Crippen LogP contribution is -2.28. The molecule has 96 valence electrons. The van der Waals surface area contributed by atoms with Crippen LogP contribution in [0.2, 0.25) is 0 Å². The molecule has 1 aliphatic rings. The van der Waals surface area contributed by atoms with Crippen molar-refractivity contribution in [2.75, 3.05) is 0 Å². The van der Waals surface area contributed by atoms with E-state index in [1.54, 1.807) is 11.3 Å². The van der Waals surface area contributed by atoms with E-state index >= 15 is 0 Å². The molecule has 0 saturated heterocycles. The summed E-state index contributed by atoms with van der Waals surface area (Å²) in [5, 5.41) is 9.26. The molecule has 3 rings (SSSR count). The Balaban J connectivity index is 1.92. The molecule has 1 N–H and O–H groups in total. The van der Waals surface area contributed by atoms with Crippen LogP contribution in [-0.4, -0.2) is 11.0 Å². The maximum absolute atomic E-state index is 4.86. The van der Waals surface area contributed by atoms with Gasteiger partial charge in [0.25, 0.3) is 0 Å². The van der Waals surface area contributed by atoms with Gasteiger partial charge in [-0.05, 0) is 55.5 Å². The van der Waals surface area contributed by atoms with Crippen molar-refractivity contribution in [1.29, 1.82) is 0 Å². The van der Waals surface area contributed by atoms with Gasteiger partial charge in [-0.1, -0.05) is 0 Å². The van der Waals surface area contributed by atoms with Gasteiger partial charge in [-0.15, -0.1) is 11.3 Å². The van der Waals surface area contributed by atoms with Crippen molar-refractivity contribution >= 4 is 22.7 Å². The third kappa shape index (κ3) is 2.37. The number of aromatic nitrogens is 1. The molecular formula is C14H18N2S2. The summed E-state index contributed by atoms with van der Waals surface area (Å²) in [7, 11) is 0. The number of nitrogens with one attached hydrogen (secondary N) is 1. The molecule has 0 spiro atoms. The Kier molecular flexibility index (Phi) is 3.50. The average molecular weight is 278 g/mol. The quantitative estimate of drug-likeness (QED) is 0.920. The molecule has 1 aliphatic carbocycles. The highest BCUT2D eigenvalue weighted by Crippen LogP contribution is 2.34. The van der Waals surface area contributed by atoms with Crippen molar-refractivity contribution in [3.63, 3.8) is 0 Å². The van der Waals surface area contributed by atoms with Gasteiger partial charge >= 0.3 is 0 Å². The molecule has 0 aliphatic heterocycles. The number of hydrogen-bond donors (Lipinski definition) is 1. The first-order valence-corrected chi connectivity index (χ1v) is 8.26. The SMILES string of the molecule is CC(C)NC(c1ccsc1)c1nc2c(s1)CCC2. The van der Waals surface area contributed by atoms with Gasteiger partial charge in [0.2, 0.25) is 0 Å². The molecule has 0 aromatic carbocycles. The maximum Gasteiger partial charge on any atom is 0.115 e. The zero-order valence-electron chi connectivity index (χ0n) is 10.8. The fraction of sp³-hybridized carbons (Fsp3) is 0.500. The maximum atomic E-state index is 4.86. The second kappa shape index (κ2) is 5.11. The van der Waals surface area contributed by atoms with Crippen LogP contribution in [0.1, 0.15) is 47.5 Å². The predicted octanol–water partition coefficient (Wildman–Crippen LogP) is 3.78. The van der Waals surface area contributed by atoms with E-state index in [0.717, 1.165) is 0 Å². The van der Waals surface area contributed by atoms with Crippen LogP contribution in [0.4, 0.5) is 0 Å². The molecule has 1 unspecified atom stereocenters. The van der Waals surface area contributed by atoms with Crippen LogP contribution in [0.3, 0.4) is 0 Å². The number of aryl methyl sites for hydroxylation is 2. The van der Waals surface area contributed by atoms with Crippen LogP contribution in [0.15, 0.2) is 16.8 Å². The molecule has 0 fully saturated rings. The molecule has 2 aromatic heterocycles. The molecule has 2 aromatic rings. The lowest BCUT2D eigenvalue weighted by molar-refractivity contribution is 0.527. The van der Waals surface area contributed by atoms with Gasteiger partial charge in [-0.25, -0.2) is 4.98 Å². The van der Waals surface area contributed by atoms with Gasteiger partial charge < -0.3 is 5.32 Å². The summed E-state index contributed by atoms with van der Waals surface area (Å²) in [6, 6.07) is 2.94. The van der Waals surface area contributed by atoms with Gasteiger partial charge in [0.05, 0.1) is 11.7 Å². The standard InChI is InChI=1S/C14H18N2S2/c1-9(2)15-13(10-6-7-17-8-10)14-16-11-4-3-5-12(11)18-14/h6-9,13,15H,3-5H2,1-2H3. The van der Waals surface area contributed by atoms with E-state index in [2.05, 4.69) is 36.0 Å². The molecular weight excluding hydrogens is 260 g/mol. The van der Waals surface area contributed by atoms with Crippen molar-refractivity contribution < 1.29 is 0 Å². The second-order valence-corrected chi connectivity index (χ2v) is 6.98. The monoisotopic (exact) mass is 278 g/mol. The van der Waals surface area contributed by atoms with Crippen LogP contribution >= 0.6 is 22.7 Å². The number of nitrogens with zero attached hydrogens (tertiary/aromatic N) is 1. The van der Waals surface area contributed by atoms with Gasteiger partial charge in [0.1, 0.15) is 5.01 Å². The second-order valence-electron chi connectivity index (χ2n) is 5.09. The molecule has 2 nitrogen and oxygen atoms in total. The molecule has 0 amide bonds. The number of fused-ring (bicyclic) bond motifs is 1. The normalized spacial score (nSPS) is 16.2. The van der Waals surface area contributed by atoms with E-state index in [1.165, 1.54) is 40.4 Å². The molecule has 0 bridgehead atoms. The van der Waals surface area contributed by atoms with Crippen LogP contribution in [0.25, 0.3) is 0 Å². The topological polar surface area (TPSA) is 24.9 Å². The summed E-state index contributed by atoms with van der Waals surface area (Å²) in [4.78, 5) is 6.37. The van der Waals surface area contributed by atoms with Crippen molar-refractivity contribution in [1.82, 2.24) is 10.3 Å². The minimum absolute atomic E-state index is 0.270. The molecule has 2 heterocycles. The van der Waals surface area contributed by atoms with Crippen molar-refractivity contribution in [3.8, 4) is 0 Å². The highest BCUT2D eigenvalue weighted by Gasteiger charge is 2.23. The molecule has 0 saturated carbocycles. The van der Waals surface area contributed by atoms with Crippen LogP contribution in [0, 0.1) is 0 Å². The number of thiophene rings is 1. The van der Waals surface area contributed by atoms with Gasteiger partial charge in [-0.2, -0.15) is 11.3 Å². The Bertz CT molecular complexity index is 492. The zero-order chi connectivity index (χ0) is 12.5. The third-order valence-electron chi connectivity index (χ3n) is 3.24. The minimum atomic E-state index is 0.270. The van der Waals surface area contributed by atoms with E-state index in [9.17, 15) is 0 Å². The first kappa shape index (κ1) is 12.3. The largest absolute Gasteiger partial charge is 0.302 e. The lowest BCUT2D eigenvalue weighted by atomic mass is 10.1. The van der Waals surface area contributed by atoms with Crippen molar-refractivity contribution in [2.24, 2.45) is 0 Å². The number of hydrogen-bond acceptors (Lipinski definition) is 4. The Morgan fingerprint density at radius 2 is 2.22 bits per heavy atom. The van der Waals surface area contributed by atoms with Crippen LogP contribution in [0.5, 0.6) is 0 Å². The third-order valence-corrected chi connectivity index (χ3v) is 5.16. The Labute approximate surface area is 116 Å². The highest BCUT2D eigenvalue weighted by atomic mass is 32.1. The fourth-order valence-electron chi connectivity index (χ4n) is 2.42. The molecule has 18 heavy (non-hydrogen) atoms. The van der Waals surface area contributed by atoms with E-state index in [0.29, 0.717) is 6.04 Å². The predicted molar refractivity (Wildman–Crippen MR) is 78.6 cm³/mol. The lowest BCUT2D eigenvalue weighted by Gasteiger charge is -2.18. The summed E-state index contributed by atoms with van der Waals surface area (Å²) in [6.07, 6.45) is 3.68. The van der Waals surface area contributed by atoms with Crippen LogP contribution < -0.4 is 5.32 Å². The number of rotatable bonds is 4. The first-order chi connectivity index (χ1) is 8.74. The van der Waals surface area contributed by atoms with Gasteiger partial charge in [0, 0.05) is 10.9 Å². The van der Waals surface area contributed by atoms with Gasteiger partial charge in [0.15, 0.2) is 0 Å². The van der Waals surface area contributed by atoms with E-state index in [4.69, 9.17) is 4.98 Å². The Hall–Kier alpha value is -0.710. The van der Waals surface area contributed by atoms with Crippen LogP contribution in [-0.2, 0) is 12.8 Å². The first-order valence-electron chi connectivity index (χ1n) is 6.50. The van der Waals surface area contributed by atoms with Crippen molar-refractivity contribution in [2.45, 2.75) is 45.2 Å². The zero-order valence-corrected chi connectivity index (χ0v) is 12.4. The minimum Gasteiger partial charge on any atom is -0.302 e. The molecule has 0 radical (unpaired) electrons. The molecule has 4 heteroatoms.